The minimum absolute atomic E-state index is 0.440. The molecule has 2 aromatic rings. The van der Waals surface area contributed by atoms with Crippen molar-refractivity contribution in [1.82, 2.24) is 4.98 Å². The van der Waals surface area contributed by atoms with Gasteiger partial charge in [-0.1, -0.05) is 47.8 Å². The summed E-state index contributed by atoms with van der Waals surface area (Å²) in [5, 5.41) is 5.98. The van der Waals surface area contributed by atoms with Gasteiger partial charge in [-0.05, 0) is 30.4 Å². The molecule has 100 valence electrons. The van der Waals surface area contributed by atoms with Crippen molar-refractivity contribution >= 4 is 32.5 Å². The maximum atomic E-state index is 4.51. The Labute approximate surface area is 122 Å². The monoisotopic (exact) mass is 318 g/mol. The Morgan fingerprint density at radius 1 is 1.21 bits per heavy atom. The van der Waals surface area contributed by atoms with Crippen LogP contribution in [0.25, 0.3) is 10.8 Å². The van der Waals surface area contributed by atoms with Gasteiger partial charge in [0.05, 0.1) is 0 Å². The molecule has 0 bridgehead atoms. The number of halogens is 1. The van der Waals surface area contributed by atoms with Crippen molar-refractivity contribution in [3.63, 3.8) is 0 Å². The predicted octanol–water partition coefficient (Wildman–Crippen LogP) is 4.99. The van der Waals surface area contributed by atoms with E-state index in [9.17, 15) is 0 Å². The van der Waals surface area contributed by atoms with Crippen LogP contribution in [-0.4, -0.2) is 11.5 Å². The summed E-state index contributed by atoms with van der Waals surface area (Å²) in [7, 11) is 0. The fourth-order valence-electron chi connectivity index (χ4n) is 3.01. The summed E-state index contributed by atoms with van der Waals surface area (Å²) in [6, 6.07) is 8.33. The van der Waals surface area contributed by atoms with Crippen molar-refractivity contribution in [3.8, 4) is 0 Å². The first-order chi connectivity index (χ1) is 9.18. The lowest BCUT2D eigenvalue weighted by Crippen LogP contribution is -2.23. The Morgan fingerprint density at radius 3 is 2.79 bits per heavy atom. The van der Waals surface area contributed by atoms with Crippen molar-refractivity contribution in [2.24, 2.45) is 5.41 Å². The second-order valence-corrected chi connectivity index (χ2v) is 6.72. The highest BCUT2D eigenvalue weighted by atomic mass is 79.9. The first-order valence-electron chi connectivity index (χ1n) is 6.95. The zero-order valence-electron chi connectivity index (χ0n) is 11.2. The number of hydrogen-bond acceptors (Lipinski definition) is 2. The van der Waals surface area contributed by atoms with Crippen molar-refractivity contribution in [2.45, 2.75) is 32.6 Å². The van der Waals surface area contributed by atoms with E-state index >= 15 is 0 Å². The Balaban J connectivity index is 1.87. The molecule has 0 amide bonds. The van der Waals surface area contributed by atoms with Gasteiger partial charge in [0.25, 0.3) is 0 Å². The molecule has 0 saturated heterocycles. The van der Waals surface area contributed by atoms with Crippen LogP contribution in [0.2, 0.25) is 0 Å². The molecule has 1 saturated carbocycles. The van der Waals surface area contributed by atoms with Gasteiger partial charge in [0, 0.05) is 28.0 Å². The van der Waals surface area contributed by atoms with Crippen LogP contribution in [0.5, 0.6) is 0 Å². The molecule has 1 aliphatic carbocycles. The third-order valence-electron chi connectivity index (χ3n) is 4.25. The van der Waals surface area contributed by atoms with E-state index in [0.717, 1.165) is 16.8 Å². The molecule has 0 spiro atoms. The molecular formula is C16H19BrN2. The van der Waals surface area contributed by atoms with E-state index in [0.29, 0.717) is 5.41 Å². The molecule has 1 N–H and O–H groups in total. The van der Waals surface area contributed by atoms with E-state index in [1.807, 2.05) is 6.20 Å². The van der Waals surface area contributed by atoms with E-state index in [2.05, 4.69) is 57.4 Å². The van der Waals surface area contributed by atoms with Gasteiger partial charge in [-0.3, -0.25) is 0 Å². The third kappa shape index (κ3) is 2.62. The number of rotatable bonds is 3. The summed E-state index contributed by atoms with van der Waals surface area (Å²) in [6.45, 7) is 3.40. The van der Waals surface area contributed by atoms with Crippen LogP contribution in [-0.2, 0) is 0 Å². The minimum Gasteiger partial charge on any atom is -0.369 e. The molecule has 1 aromatic heterocycles. The van der Waals surface area contributed by atoms with Crippen LogP contribution < -0.4 is 5.32 Å². The van der Waals surface area contributed by atoms with E-state index in [1.165, 1.54) is 36.5 Å². The van der Waals surface area contributed by atoms with Gasteiger partial charge >= 0.3 is 0 Å². The smallest absolute Gasteiger partial charge is 0.133 e. The molecule has 1 fully saturated rings. The zero-order chi connectivity index (χ0) is 13.3. The molecule has 1 heterocycles. The van der Waals surface area contributed by atoms with Crippen LogP contribution in [0.4, 0.5) is 5.82 Å². The fourth-order valence-corrected chi connectivity index (χ4v) is 3.51. The Morgan fingerprint density at radius 2 is 2.00 bits per heavy atom. The number of hydrogen-bond donors (Lipinski definition) is 1. The molecule has 1 aromatic carbocycles. The Hall–Kier alpha value is -1.09. The van der Waals surface area contributed by atoms with Gasteiger partial charge in [0.2, 0.25) is 0 Å². The lowest BCUT2D eigenvalue weighted by Gasteiger charge is -2.24. The normalized spacial score (nSPS) is 17.8. The predicted molar refractivity (Wildman–Crippen MR) is 84.5 cm³/mol. The maximum absolute atomic E-state index is 4.51. The summed E-state index contributed by atoms with van der Waals surface area (Å²) >= 11 is 3.60. The molecule has 3 rings (SSSR count). The van der Waals surface area contributed by atoms with E-state index in [1.54, 1.807) is 0 Å². The molecule has 1 aliphatic rings. The SMILES string of the molecule is CC1(CNc2nccc3c(Br)cccc23)CCCC1. The lowest BCUT2D eigenvalue weighted by atomic mass is 9.89. The second-order valence-electron chi connectivity index (χ2n) is 5.87. The summed E-state index contributed by atoms with van der Waals surface area (Å²) in [6.07, 6.45) is 7.27. The zero-order valence-corrected chi connectivity index (χ0v) is 12.8. The largest absolute Gasteiger partial charge is 0.369 e. The average molecular weight is 319 g/mol. The van der Waals surface area contributed by atoms with E-state index in [-0.39, 0.29) is 0 Å². The molecule has 0 radical (unpaired) electrons. The molecule has 0 unspecified atom stereocenters. The number of benzene rings is 1. The summed E-state index contributed by atoms with van der Waals surface area (Å²) in [5.41, 5.74) is 0.440. The number of pyridine rings is 1. The maximum Gasteiger partial charge on any atom is 0.133 e. The highest BCUT2D eigenvalue weighted by molar-refractivity contribution is 9.10. The fraction of sp³-hybridized carbons (Fsp3) is 0.438. The van der Waals surface area contributed by atoms with Crippen LogP contribution >= 0.6 is 15.9 Å². The third-order valence-corrected chi connectivity index (χ3v) is 4.94. The number of fused-ring (bicyclic) bond motifs is 1. The number of nitrogens with zero attached hydrogens (tertiary/aromatic N) is 1. The van der Waals surface area contributed by atoms with Gasteiger partial charge in [-0.15, -0.1) is 0 Å². The summed E-state index contributed by atoms with van der Waals surface area (Å²) in [4.78, 5) is 4.51. The topological polar surface area (TPSA) is 24.9 Å². The van der Waals surface area contributed by atoms with Gasteiger partial charge in [0.1, 0.15) is 5.82 Å². The van der Waals surface area contributed by atoms with Crippen molar-refractivity contribution in [2.75, 3.05) is 11.9 Å². The standard InChI is InChI=1S/C16H19BrN2/c1-16(8-2-3-9-16)11-19-15-13-5-4-6-14(17)12(13)7-10-18-15/h4-7,10H,2-3,8-9,11H2,1H3,(H,18,19). The molecule has 2 nitrogen and oxygen atoms in total. The van der Waals surface area contributed by atoms with Crippen LogP contribution in [0, 0.1) is 5.41 Å². The number of nitrogens with one attached hydrogen (secondary N) is 1. The molecular weight excluding hydrogens is 300 g/mol. The van der Waals surface area contributed by atoms with Crippen LogP contribution in [0.3, 0.4) is 0 Å². The van der Waals surface area contributed by atoms with Gasteiger partial charge in [0.15, 0.2) is 0 Å². The van der Waals surface area contributed by atoms with Crippen molar-refractivity contribution in [3.05, 3.63) is 34.9 Å². The van der Waals surface area contributed by atoms with Crippen LogP contribution in [0.1, 0.15) is 32.6 Å². The first-order valence-corrected chi connectivity index (χ1v) is 7.74. The molecule has 3 heteroatoms. The Kier molecular flexibility index (Phi) is 3.48. The average Bonchev–Trinajstić information content (AvgIpc) is 2.84. The Bertz CT molecular complexity index is 588. The van der Waals surface area contributed by atoms with Gasteiger partial charge in [-0.25, -0.2) is 4.98 Å². The first kappa shape index (κ1) is 12.9. The lowest BCUT2D eigenvalue weighted by molar-refractivity contribution is 0.362. The van der Waals surface area contributed by atoms with E-state index < -0.39 is 0 Å². The summed E-state index contributed by atoms with van der Waals surface area (Å²) < 4.78 is 1.13. The molecule has 19 heavy (non-hydrogen) atoms. The van der Waals surface area contributed by atoms with E-state index in [4.69, 9.17) is 0 Å². The highest BCUT2D eigenvalue weighted by Crippen LogP contribution is 2.38. The number of anilines is 1. The number of aromatic nitrogens is 1. The van der Waals surface area contributed by atoms with Crippen molar-refractivity contribution in [1.29, 1.82) is 0 Å². The van der Waals surface area contributed by atoms with Gasteiger partial charge < -0.3 is 5.32 Å². The van der Waals surface area contributed by atoms with Gasteiger partial charge in [-0.2, -0.15) is 0 Å². The van der Waals surface area contributed by atoms with Crippen molar-refractivity contribution < 1.29 is 0 Å². The quantitative estimate of drug-likeness (QED) is 0.862. The second kappa shape index (κ2) is 5.12. The minimum atomic E-state index is 0.440. The highest BCUT2D eigenvalue weighted by Gasteiger charge is 2.28. The summed E-state index contributed by atoms with van der Waals surface area (Å²) in [5.74, 6) is 1.01. The molecule has 0 aliphatic heterocycles. The molecule has 0 atom stereocenters. The van der Waals surface area contributed by atoms with Crippen LogP contribution in [0.15, 0.2) is 34.9 Å².